The van der Waals surface area contributed by atoms with Crippen LogP contribution in [-0.2, 0) is 11.3 Å². The van der Waals surface area contributed by atoms with Crippen LogP contribution in [0.3, 0.4) is 0 Å². The van der Waals surface area contributed by atoms with Gasteiger partial charge in [-0.25, -0.2) is 8.78 Å². The zero-order valence-corrected chi connectivity index (χ0v) is 9.25. The highest BCUT2D eigenvalue weighted by atomic mass is 19.2. The maximum atomic E-state index is 13.0. The molecular weight excluding hydrogens is 212 g/mol. The third-order valence-corrected chi connectivity index (χ3v) is 2.87. The number of nitrogens with zero attached hydrogens (tertiary/aromatic N) is 1. The average molecular weight is 227 g/mol. The number of ether oxygens (including phenoxy) is 1. The molecule has 0 amide bonds. The van der Waals surface area contributed by atoms with Crippen LogP contribution in [0.5, 0.6) is 0 Å². The highest BCUT2D eigenvalue weighted by Crippen LogP contribution is 2.14. The van der Waals surface area contributed by atoms with Gasteiger partial charge in [-0.05, 0) is 24.6 Å². The number of halogens is 2. The molecule has 0 bridgehead atoms. The molecule has 88 valence electrons. The van der Waals surface area contributed by atoms with Crippen LogP contribution in [0, 0.1) is 11.6 Å². The lowest BCUT2D eigenvalue weighted by atomic mass is 10.1. The van der Waals surface area contributed by atoms with E-state index in [1.165, 1.54) is 12.1 Å². The van der Waals surface area contributed by atoms with Gasteiger partial charge in [0.05, 0.1) is 13.2 Å². The monoisotopic (exact) mass is 227 g/mol. The average Bonchev–Trinajstić information content (AvgIpc) is 2.27. The van der Waals surface area contributed by atoms with Gasteiger partial charge in [-0.15, -0.1) is 0 Å². The molecule has 1 aromatic rings. The van der Waals surface area contributed by atoms with Gasteiger partial charge >= 0.3 is 0 Å². The largest absolute Gasteiger partial charge is 0.379 e. The second kappa shape index (κ2) is 4.89. The molecule has 1 fully saturated rings. The SMILES string of the molecule is CC1COCCN1Cc1ccc(F)c(F)c1. The van der Waals surface area contributed by atoms with Crippen molar-refractivity contribution in [2.24, 2.45) is 0 Å². The minimum Gasteiger partial charge on any atom is -0.379 e. The minimum absolute atomic E-state index is 0.321. The van der Waals surface area contributed by atoms with E-state index >= 15 is 0 Å². The molecule has 1 unspecified atom stereocenters. The highest BCUT2D eigenvalue weighted by molar-refractivity contribution is 5.17. The molecule has 0 radical (unpaired) electrons. The molecule has 0 saturated carbocycles. The number of rotatable bonds is 2. The van der Waals surface area contributed by atoms with Crippen LogP contribution in [0.15, 0.2) is 18.2 Å². The maximum Gasteiger partial charge on any atom is 0.159 e. The highest BCUT2D eigenvalue weighted by Gasteiger charge is 2.18. The van der Waals surface area contributed by atoms with Gasteiger partial charge in [-0.2, -0.15) is 0 Å². The normalized spacial score (nSPS) is 22.3. The molecule has 16 heavy (non-hydrogen) atoms. The summed E-state index contributed by atoms with van der Waals surface area (Å²) in [6.07, 6.45) is 0. The first-order chi connectivity index (χ1) is 7.66. The number of benzene rings is 1. The maximum absolute atomic E-state index is 13.0. The molecule has 1 aromatic carbocycles. The summed E-state index contributed by atoms with van der Waals surface area (Å²) in [5, 5.41) is 0. The second-order valence-corrected chi connectivity index (χ2v) is 4.14. The van der Waals surface area contributed by atoms with Crippen molar-refractivity contribution in [3.05, 3.63) is 35.4 Å². The number of morpholine rings is 1. The third-order valence-electron chi connectivity index (χ3n) is 2.87. The van der Waals surface area contributed by atoms with Gasteiger partial charge in [0.1, 0.15) is 0 Å². The third kappa shape index (κ3) is 2.57. The van der Waals surface area contributed by atoms with E-state index in [0.29, 0.717) is 25.8 Å². The Balaban J connectivity index is 2.05. The lowest BCUT2D eigenvalue weighted by Gasteiger charge is -2.33. The second-order valence-electron chi connectivity index (χ2n) is 4.14. The fourth-order valence-electron chi connectivity index (χ4n) is 1.87. The Morgan fingerprint density at radius 3 is 2.88 bits per heavy atom. The lowest BCUT2D eigenvalue weighted by Crippen LogP contribution is -2.42. The van der Waals surface area contributed by atoms with Crippen molar-refractivity contribution >= 4 is 0 Å². The van der Waals surface area contributed by atoms with Crippen LogP contribution in [-0.4, -0.2) is 30.7 Å². The Labute approximate surface area is 93.8 Å². The summed E-state index contributed by atoms with van der Waals surface area (Å²) >= 11 is 0. The van der Waals surface area contributed by atoms with E-state index in [4.69, 9.17) is 4.74 Å². The van der Waals surface area contributed by atoms with Gasteiger partial charge in [0.2, 0.25) is 0 Å². The van der Waals surface area contributed by atoms with E-state index in [9.17, 15) is 8.78 Å². The van der Waals surface area contributed by atoms with Gasteiger partial charge < -0.3 is 4.74 Å². The molecule has 1 saturated heterocycles. The first-order valence-corrected chi connectivity index (χ1v) is 5.42. The molecule has 0 N–H and O–H groups in total. The Bertz CT molecular complexity index is 370. The molecule has 1 atom stereocenters. The summed E-state index contributed by atoms with van der Waals surface area (Å²) in [6.45, 7) is 4.94. The van der Waals surface area contributed by atoms with Crippen LogP contribution in [0.1, 0.15) is 12.5 Å². The quantitative estimate of drug-likeness (QED) is 0.768. The van der Waals surface area contributed by atoms with E-state index in [2.05, 4.69) is 11.8 Å². The zero-order chi connectivity index (χ0) is 11.5. The first-order valence-electron chi connectivity index (χ1n) is 5.42. The van der Waals surface area contributed by atoms with E-state index in [-0.39, 0.29) is 0 Å². The summed E-state index contributed by atoms with van der Waals surface area (Å²) in [5.74, 6) is -1.57. The van der Waals surface area contributed by atoms with Crippen LogP contribution >= 0.6 is 0 Å². The summed E-state index contributed by atoms with van der Waals surface area (Å²) in [5.41, 5.74) is 0.799. The molecule has 1 aliphatic rings. The fourth-order valence-corrected chi connectivity index (χ4v) is 1.87. The first kappa shape index (κ1) is 11.5. The molecule has 1 heterocycles. The predicted molar refractivity (Wildman–Crippen MR) is 57.0 cm³/mol. The lowest BCUT2D eigenvalue weighted by molar-refractivity contribution is -0.00441. The zero-order valence-electron chi connectivity index (χ0n) is 9.25. The van der Waals surface area contributed by atoms with Crippen LogP contribution < -0.4 is 0 Å². The van der Waals surface area contributed by atoms with Crippen molar-refractivity contribution in [2.75, 3.05) is 19.8 Å². The Morgan fingerprint density at radius 2 is 2.19 bits per heavy atom. The number of hydrogen-bond acceptors (Lipinski definition) is 2. The summed E-state index contributed by atoms with van der Waals surface area (Å²) in [4.78, 5) is 2.20. The van der Waals surface area contributed by atoms with E-state index in [0.717, 1.165) is 12.1 Å². The predicted octanol–water partition coefficient (Wildman–Crippen LogP) is 2.19. The molecule has 4 heteroatoms. The van der Waals surface area contributed by atoms with Gasteiger partial charge in [0.15, 0.2) is 11.6 Å². The van der Waals surface area contributed by atoms with Crippen LogP contribution in [0.25, 0.3) is 0 Å². The summed E-state index contributed by atoms with van der Waals surface area (Å²) < 4.78 is 31.1. The topological polar surface area (TPSA) is 12.5 Å². The van der Waals surface area contributed by atoms with Crippen molar-refractivity contribution in [2.45, 2.75) is 19.5 Å². The molecule has 2 nitrogen and oxygen atoms in total. The Morgan fingerprint density at radius 1 is 1.38 bits per heavy atom. The van der Waals surface area contributed by atoms with Crippen molar-refractivity contribution in [3.8, 4) is 0 Å². The van der Waals surface area contributed by atoms with Crippen LogP contribution in [0.4, 0.5) is 8.78 Å². The fraction of sp³-hybridized carbons (Fsp3) is 0.500. The van der Waals surface area contributed by atoms with Crippen LogP contribution in [0.2, 0.25) is 0 Å². The van der Waals surface area contributed by atoms with Crippen molar-refractivity contribution in [1.82, 2.24) is 4.90 Å². The minimum atomic E-state index is -0.793. The molecular formula is C12H15F2NO. The standard InChI is InChI=1S/C12H15F2NO/c1-9-8-16-5-4-15(9)7-10-2-3-11(13)12(14)6-10/h2-3,6,9H,4-5,7-8H2,1H3. The molecule has 1 aliphatic heterocycles. The molecule has 0 aliphatic carbocycles. The van der Waals surface area contributed by atoms with E-state index in [1.807, 2.05) is 0 Å². The van der Waals surface area contributed by atoms with Crippen molar-refractivity contribution < 1.29 is 13.5 Å². The molecule has 0 spiro atoms. The number of hydrogen-bond donors (Lipinski definition) is 0. The summed E-state index contributed by atoms with van der Waals surface area (Å²) in [7, 11) is 0. The van der Waals surface area contributed by atoms with Gasteiger partial charge in [0.25, 0.3) is 0 Å². The molecule has 0 aromatic heterocycles. The van der Waals surface area contributed by atoms with E-state index in [1.54, 1.807) is 6.07 Å². The van der Waals surface area contributed by atoms with Gasteiger partial charge in [0, 0.05) is 19.1 Å². The van der Waals surface area contributed by atoms with Gasteiger partial charge in [-0.1, -0.05) is 6.07 Å². The van der Waals surface area contributed by atoms with E-state index < -0.39 is 11.6 Å². The Kier molecular flexibility index (Phi) is 3.51. The Hall–Kier alpha value is -1.00. The smallest absolute Gasteiger partial charge is 0.159 e. The van der Waals surface area contributed by atoms with Crippen molar-refractivity contribution in [3.63, 3.8) is 0 Å². The van der Waals surface area contributed by atoms with Crippen molar-refractivity contribution in [1.29, 1.82) is 0 Å². The molecule has 2 rings (SSSR count). The summed E-state index contributed by atoms with van der Waals surface area (Å²) in [6, 6.07) is 4.38. The van der Waals surface area contributed by atoms with Gasteiger partial charge in [-0.3, -0.25) is 4.90 Å².